The molecule has 0 bridgehead atoms. The number of fused-ring (bicyclic) bond motifs is 2. The molecule has 6 nitrogen and oxygen atoms in total. The minimum Gasteiger partial charge on any atom is -0.453 e. The molecule has 0 unspecified atom stereocenters. The Kier molecular flexibility index (Phi) is 5.51. The van der Waals surface area contributed by atoms with Crippen LogP contribution in [0.3, 0.4) is 0 Å². The second-order valence-electron chi connectivity index (χ2n) is 7.69. The van der Waals surface area contributed by atoms with Crippen molar-refractivity contribution in [3.63, 3.8) is 0 Å². The quantitative estimate of drug-likeness (QED) is 0.418. The van der Waals surface area contributed by atoms with Gasteiger partial charge in [0, 0.05) is 17.6 Å². The summed E-state index contributed by atoms with van der Waals surface area (Å²) in [6.07, 6.45) is 4.53. The van der Waals surface area contributed by atoms with Gasteiger partial charge in [-0.05, 0) is 61.9 Å². The van der Waals surface area contributed by atoms with E-state index in [2.05, 4.69) is 21.6 Å². The van der Waals surface area contributed by atoms with Gasteiger partial charge in [0.05, 0.1) is 5.75 Å². The lowest BCUT2D eigenvalue weighted by atomic mass is 9.90. The summed E-state index contributed by atoms with van der Waals surface area (Å²) in [4.78, 5) is 12.7. The third-order valence-electron chi connectivity index (χ3n) is 5.68. The van der Waals surface area contributed by atoms with Crippen LogP contribution in [0.15, 0.2) is 58.1 Å². The van der Waals surface area contributed by atoms with Crippen molar-refractivity contribution in [2.75, 3.05) is 11.1 Å². The van der Waals surface area contributed by atoms with Gasteiger partial charge in [-0.2, -0.15) is 0 Å². The summed E-state index contributed by atoms with van der Waals surface area (Å²) in [5, 5.41) is 13.5. The Balaban J connectivity index is 1.30. The summed E-state index contributed by atoms with van der Waals surface area (Å²) in [5.74, 6) is 1.61. The lowest BCUT2D eigenvalue weighted by Gasteiger charge is -2.19. The maximum absolute atomic E-state index is 12.7. The average Bonchev–Trinajstić information content (AvgIpc) is 3.41. The van der Waals surface area contributed by atoms with E-state index in [-0.39, 0.29) is 11.7 Å². The van der Waals surface area contributed by atoms with Gasteiger partial charge in [-0.25, -0.2) is 0 Å². The summed E-state index contributed by atoms with van der Waals surface area (Å²) >= 11 is 1.39. The number of para-hydroxylation sites is 1. The number of anilines is 1. The third kappa shape index (κ3) is 3.97. The van der Waals surface area contributed by atoms with Crippen LogP contribution in [-0.2, 0) is 24.2 Å². The Morgan fingerprint density at radius 2 is 2.00 bits per heavy atom. The van der Waals surface area contributed by atoms with Gasteiger partial charge in [0.2, 0.25) is 11.7 Å². The second-order valence-corrected chi connectivity index (χ2v) is 8.63. The molecule has 2 aromatic heterocycles. The van der Waals surface area contributed by atoms with Crippen molar-refractivity contribution in [1.82, 2.24) is 14.8 Å². The van der Waals surface area contributed by atoms with E-state index in [4.69, 9.17) is 4.42 Å². The molecule has 0 atom stereocenters. The van der Waals surface area contributed by atoms with Crippen LogP contribution >= 0.6 is 11.8 Å². The first-order chi connectivity index (χ1) is 15.2. The van der Waals surface area contributed by atoms with Crippen molar-refractivity contribution < 1.29 is 9.21 Å². The zero-order valence-corrected chi connectivity index (χ0v) is 18.2. The Bertz CT molecular complexity index is 1210. The fourth-order valence-corrected chi connectivity index (χ4v) is 4.97. The van der Waals surface area contributed by atoms with Gasteiger partial charge in [-0.1, -0.05) is 42.1 Å². The van der Waals surface area contributed by atoms with Crippen molar-refractivity contribution in [3.8, 4) is 11.6 Å². The van der Waals surface area contributed by atoms with Crippen LogP contribution in [-0.4, -0.2) is 26.4 Å². The number of aromatic nitrogens is 3. The highest BCUT2D eigenvalue weighted by atomic mass is 32.2. The lowest BCUT2D eigenvalue weighted by molar-refractivity contribution is -0.113. The van der Waals surface area contributed by atoms with Crippen LogP contribution < -0.4 is 5.32 Å². The van der Waals surface area contributed by atoms with E-state index in [0.717, 1.165) is 29.5 Å². The summed E-state index contributed by atoms with van der Waals surface area (Å²) in [6, 6.07) is 16.1. The maximum atomic E-state index is 12.7. The summed E-state index contributed by atoms with van der Waals surface area (Å²) in [5.41, 5.74) is 4.42. The first-order valence-corrected chi connectivity index (χ1v) is 11.7. The number of carbonyl (C=O) groups is 1. The average molecular weight is 433 g/mol. The number of benzene rings is 2. The van der Waals surface area contributed by atoms with E-state index in [0.29, 0.717) is 23.3 Å². The van der Waals surface area contributed by atoms with Gasteiger partial charge < -0.3 is 9.73 Å². The van der Waals surface area contributed by atoms with Gasteiger partial charge in [0.1, 0.15) is 5.58 Å². The number of nitrogens with zero attached hydrogens (tertiary/aromatic N) is 3. The number of nitrogens with one attached hydrogen (secondary N) is 1. The molecule has 7 heteroatoms. The standard InChI is InChI=1S/C24H24N4O2S/c1-2-28-23(21-14-17-9-4-6-13-20(17)30-21)26-27-24(28)31-15-22(29)25-19-12-7-10-16-8-3-5-11-18(16)19/h4,6-7,9-10,12-14H,2-3,5,8,11,15H2,1H3,(H,25,29). The van der Waals surface area contributed by atoms with Crippen LogP contribution in [0.5, 0.6) is 0 Å². The Morgan fingerprint density at radius 3 is 2.87 bits per heavy atom. The van der Waals surface area contributed by atoms with Crippen LogP contribution in [0, 0.1) is 0 Å². The zero-order valence-electron chi connectivity index (χ0n) is 17.4. The molecule has 1 aliphatic carbocycles. The monoisotopic (exact) mass is 432 g/mol. The van der Waals surface area contributed by atoms with Crippen molar-refractivity contribution in [3.05, 3.63) is 59.7 Å². The molecule has 2 heterocycles. The van der Waals surface area contributed by atoms with E-state index in [1.807, 2.05) is 54.0 Å². The van der Waals surface area contributed by atoms with Crippen LogP contribution in [0.25, 0.3) is 22.6 Å². The second kappa shape index (κ2) is 8.59. The minimum atomic E-state index is -0.0279. The fourth-order valence-electron chi connectivity index (χ4n) is 4.17. The molecule has 0 fully saturated rings. The molecule has 5 rings (SSSR count). The number of carbonyl (C=O) groups excluding carboxylic acids is 1. The highest BCUT2D eigenvalue weighted by Gasteiger charge is 2.19. The molecule has 0 saturated heterocycles. The lowest BCUT2D eigenvalue weighted by Crippen LogP contribution is -2.17. The first-order valence-electron chi connectivity index (χ1n) is 10.7. The smallest absolute Gasteiger partial charge is 0.234 e. The minimum absolute atomic E-state index is 0.0279. The molecule has 2 aromatic carbocycles. The molecule has 1 amide bonds. The van der Waals surface area contributed by atoms with E-state index in [1.54, 1.807) is 0 Å². The third-order valence-corrected chi connectivity index (χ3v) is 6.65. The molecule has 31 heavy (non-hydrogen) atoms. The highest BCUT2D eigenvalue weighted by molar-refractivity contribution is 7.99. The number of furan rings is 1. The molecule has 0 spiro atoms. The van der Waals surface area contributed by atoms with Crippen LogP contribution in [0.1, 0.15) is 30.9 Å². The summed E-state index contributed by atoms with van der Waals surface area (Å²) in [6.45, 7) is 2.73. The van der Waals surface area contributed by atoms with Gasteiger partial charge >= 0.3 is 0 Å². The summed E-state index contributed by atoms with van der Waals surface area (Å²) in [7, 11) is 0. The topological polar surface area (TPSA) is 73.0 Å². The van der Waals surface area contributed by atoms with Crippen LogP contribution in [0.4, 0.5) is 5.69 Å². The predicted molar refractivity (Wildman–Crippen MR) is 123 cm³/mol. The zero-order chi connectivity index (χ0) is 21.2. The number of amides is 1. The predicted octanol–water partition coefficient (Wildman–Crippen LogP) is 5.32. The number of rotatable bonds is 6. The highest BCUT2D eigenvalue weighted by Crippen LogP contribution is 2.30. The number of thioether (sulfide) groups is 1. The SMILES string of the molecule is CCn1c(SCC(=O)Nc2cccc3c2CCCC3)nnc1-c1cc2ccccc2o1. The molecule has 0 saturated carbocycles. The van der Waals surface area contributed by atoms with Crippen molar-refractivity contribution in [2.24, 2.45) is 0 Å². The van der Waals surface area contributed by atoms with E-state index in [9.17, 15) is 4.79 Å². The Labute approximate surface area is 185 Å². The molecule has 0 aliphatic heterocycles. The van der Waals surface area contributed by atoms with Crippen molar-refractivity contribution >= 4 is 34.3 Å². The van der Waals surface area contributed by atoms with Crippen LogP contribution in [0.2, 0.25) is 0 Å². The largest absolute Gasteiger partial charge is 0.453 e. The molecule has 0 radical (unpaired) electrons. The fraction of sp³-hybridized carbons (Fsp3) is 0.292. The molecule has 1 aliphatic rings. The molecular weight excluding hydrogens is 408 g/mol. The summed E-state index contributed by atoms with van der Waals surface area (Å²) < 4.78 is 7.94. The van der Waals surface area contributed by atoms with Gasteiger partial charge in [-0.15, -0.1) is 10.2 Å². The number of hydrogen-bond donors (Lipinski definition) is 1. The first kappa shape index (κ1) is 19.9. The Morgan fingerprint density at radius 1 is 1.13 bits per heavy atom. The molecular formula is C24H24N4O2S. The molecule has 1 N–H and O–H groups in total. The number of aryl methyl sites for hydroxylation is 1. The van der Waals surface area contributed by atoms with Gasteiger partial charge in [0.25, 0.3) is 0 Å². The van der Waals surface area contributed by atoms with E-state index >= 15 is 0 Å². The van der Waals surface area contributed by atoms with Crippen molar-refractivity contribution in [2.45, 2.75) is 44.3 Å². The van der Waals surface area contributed by atoms with Gasteiger partial charge in [0.15, 0.2) is 10.9 Å². The normalized spacial score (nSPS) is 13.3. The molecule has 158 valence electrons. The van der Waals surface area contributed by atoms with E-state index in [1.165, 1.54) is 35.7 Å². The van der Waals surface area contributed by atoms with Crippen molar-refractivity contribution in [1.29, 1.82) is 0 Å². The van der Waals surface area contributed by atoms with Gasteiger partial charge in [-0.3, -0.25) is 9.36 Å². The Hall–Kier alpha value is -3.06. The number of hydrogen-bond acceptors (Lipinski definition) is 5. The maximum Gasteiger partial charge on any atom is 0.234 e. The van der Waals surface area contributed by atoms with E-state index < -0.39 is 0 Å². The molecule has 4 aromatic rings.